The van der Waals surface area contributed by atoms with E-state index in [1.807, 2.05) is 0 Å². The number of carbonyl (C=O) groups is 2. The van der Waals surface area contributed by atoms with Gasteiger partial charge < -0.3 is 19.5 Å². The van der Waals surface area contributed by atoms with Gasteiger partial charge in [0, 0.05) is 11.8 Å². The third-order valence-corrected chi connectivity index (χ3v) is 5.49. The number of esters is 1. The molecule has 0 saturated heterocycles. The molecule has 0 saturated carbocycles. The fraction of sp³-hybridized carbons (Fsp3) is 0.333. The predicted molar refractivity (Wildman–Crippen MR) is 118 cm³/mol. The van der Waals surface area contributed by atoms with Gasteiger partial charge in [0.25, 0.3) is 0 Å². The number of carbonyl (C=O) groups excluding carboxylic acids is 2. The quantitative estimate of drug-likeness (QED) is 0.585. The van der Waals surface area contributed by atoms with Crippen LogP contribution in [0.1, 0.15) is 22.8 Å². The summed E-state index contributed by atoms with van der Waals surface area (Å²) in [6, 6.07) is 9.35. The van der Waals surface area contributed by atoms with Gasteiger partial charge in [0.1, 0.15) is 18.0 Å². The monoisotopic (exact) mass is 450 g/mol. The molecule has 2 rings (SSSR count). The first kappa shape index (κ1) is 24.0. The molecule has 0 aliphatic rings. The van der Waals surface area contributed by atoms with Crippen LogP contribution in [0, 0.1) is 6.92 Å². The molecule has 168 valence electrons. The Hall–Kier alpha value is -3.27. The maximum Gasteiger partial charge on any atom is 0.338 e. The minimum absolute atomic E-state index is 0.193. The molecule has 0 heterocycles. The van der Waals surface area contributed by atoms with Gasteiger partial charge in [0.15, 0.2) is 0 Å². The van der Waals surface area contributed by atoms with Crippen molar-refractivity contribution in [3.8, 4) is 11.5 Å². The third kappa shape index (κ3) is 6.11. The van der Waals surface area contributed by atoms with Crippen LogP contribution in [0.3, 0.4) is 0 Å². The molecule has 0 spiro atoms. The lowest BCUT2D eigenvalue weighted by Gasteiger charge is -2.24. The summed E-state index contributed by atoms with van der Waals surface area (Å²) in [5.74, 6) is -0.394. The predicted octanol–water partition coefficient (Wildman–Crippen LogP) is 2.59. The fourth-order valence-electron chi connectivity index (χ4n) is 2.79. The van der Waals surface area contributed by atoms with Crippen LogP contribution in [0.2, 0.25) is 0 Å². The lowest BCUT2D eigenvalue weighted by atomic mass is 10.1. The number of hydrogen-bond acceptors (Lipinski definition) is 7. The van der Waals surface area contributed by atoms with Gasteiger partial charge in [-0.15, -0.1) is 0 Å². The first-order chi connectivity index (χ1) is 14.6. The van der Waals surface area contributed by atoms with E-state index in [-0.39, 0.29) is 23.6 Å². The number of amides is 1. The smallest absolute Gasteiger partial charge is 0.338 e. The highest BCUT2D eigenvalue weighted by Gasteiger charge is 2.25. The SMILES string of the molecule is CCOC(=O)c1ccc(C)c(NC(=O)CN(c2ccc(OC)cc2OC)S(C)(=O)=O)c1. The number of methoxy groups -OCH3 is 2. The molecule has 0 unspecified atom stereocenters. The Kier molecular flexibility index (Phi) is 7.87. The summed E-state index contributed by atoms with van der Waals surface area (Å²) < 4.78 is 41.2. The van der Waals surface area contributed by atoms with Crippen LogP contribution in [0.25, 0.3) is 0 Å². The van der Waals surface area contributed by atoms with Gasteiger partial charge in [-0.25, -0.2) is 13.2 Å². The van der Waals surface area contributed by atoms with Crippen molar-refractivity contribution in [2.45, 2.75) is 13.8 Å². The Morgan fingerprint density at radius 3 is 2.35 bits per heavy atom. The maximum atomic E-state index is 12.7. The number of ether oxygens (including phenoxy) is 3. The van der Waals surface area contributed by atoms with Gasteiger partial charge >= 0.3 is 5.97 Å². The summed E-state index contributed by atoms with van der Waals surface area (Å²) in [5, 5.41) is 2.66. The second-order valence-corrected chi connectivity index (χ2v) is 8.51. The van der Waals surface area contributed by atoms with Crippen LogP contribution in [-0.4, -0.2) is 53.9 Å². The van der Waals surface area contributed by atoms with E-state index in [1.165, 1.54) is 32.4 Å². The molecule has 0 fully saturated rings. The van der Waals surface area contributed by atoms with Gasteiger partial charge in [0.05, 0.1) is 38.3 Å². The van der Waals surface area contributed by atoms with Crippen LogP contribution in [0.15, 0.2) is 36.4 Å². The van der Waals surface area contributed by atoms with E-state index >= 15 is 0 Å². The number of nitrogens with one attached hydrogen (secondary N) is 1. The van der Waals surface area contributed by atoms with Crippen LogP contribution in [0.4, 0.5) is 11.4 Å². The summed E-state index contributed by atoms with van der Waals surface area (Å²) >= 11 is 0. The van der Waals surface area contributed by atoms with Crippen molar-refractivity contribution >= 4 is 33.3 Å². The van der Waals surface area contributed by atoms with E-state index in [0.29, 0.717) is 17.0 Å². The molecule has 2 aromatic rings. The zero-order valence-corrected chi connectivity index (χ0v) is 18.9. The number of benzene rings is 2. The zero-order valence-electron chi connectivity index (χ0n) is 18.1. The van der Waals surface area contributed by atoms with Gasteiger partial charge in [-0.1, -0.05) is 6.07 Å². The molecule has 31 heavy (non-hydrogen) atoms. The van der Waals surface area contributed by atoms with E-state index in [1.54, 1.807) is 32.0 Å². The summed E-state index contributed by atoms with van der Waals surface area (Å²) in [7, 11) is -0.952. The minimum Gasteiger partial charge on any atom is -0.497 e. The molecule has 0 radical (unpaired) electrons. The summed E-state index contributed by atoms with van der Waals surface area (Å²) in [6.07, 6.45) is 0.997. The number of rotatable bonds is 9. The highest BCUT2D eigenvalue weighted by molar-refractivity contribution is 7.92. The standard InChI is InChI=1S/C21H26N2O7S/c1-6-30-21(25)15-8-7-14(2)17(11-15)22-20(24)13-23(31(5,26)27)18-10-9-16(28-3)12-19(18)29-4/h7-12H,6,13H2,1-5H3,(H,22,24). The Morgan fingerprint density at radius 1 is 1.06 bits per heavy atom. The van der Waals surface area contributed by atoms with Crippen molar-refractivity contribution in [1.29, 1.82) is 0 Å². The van der Waals surface area contributed by atoms with Crippen molar-refractivity contribution in [1.82, 2.24) is 0 Å². The lowest BCUT2D eigenvalue weighted by molar-refractivity contribution is -0.114. The highest BCUT2D eigenvalue weighted by atomic mass is 32.2. The second kappa shape index (κ2) is 10.2. The second-order valence-electron chi connectivity index (χ2n) is 6.61. The number of nitrogens with zero attached hydrogens (tertiary/aromatic N) is 1. The zero-order chi connectivity index (χ0) is 23.2. The van der Waals surface area contributed by atoms with E-state index in [0.717, 1.165) is 10.6 Å². The Balaban J connectivity index is 2.31. The van der Waals surface area contributed by atoms with Crippen molar-refractivity contribution in [3.05, 3.63) is 47.5 Å². The molecule has 2 aromatic carbocycles. The first-order valence-electron chi connectivity index (χ1n) is 9.38. The van der Waals surface area contributed by atoms with E-state index < -0.39 is 28.4 Å². The van der Waals surface area contributed by atoms with Crippen molar-refractivity contribution < 1.29 is 32.2 Å². The fourth-order valence-corrected chi connectivity index (χ4v) is 3.65. The van der Waals surface area contributed by atoms with E-state index in [2.05, 4.69) is 5.32 Å². The molecule has 0 atom stereocenters. The minimum atomic E-state index is -3.82. The molecule has 0 aliphatic carbocycles. The molecule has 1 N–H and O–H groups in total. The van der Waals surface area contributed by atoms with Crippen LogP contribution in [-0.2, 0) is 19.6 Å². The van der Waals surface area contributed by atoms with Crippen LogP contribution in [0.5, 0.6) is 11.5 Å². The number of hydrogen-bond donors (Lipinski definition) is 1. The molecule has 10 heteroatoms. The Morgan fingerprint density at radius 2 is 1.77 bits per heavy atom. The van der Waals surface area contributed by atoms with E-state index in [4.69, 9.17) is 14.2 Å². The Labute approximate surface area is 182 Å². The Bertz CT molecular complexity index is 1070. The van der Waals surface area contributed by atoms with Gasteiger partial charge in [-0.05, 0) is 43.7 Å². The summed E-state index contributed by atoms with van der Waals surface area (Å²) in [4.78, 5) is 24.7. The number of aryl methyl sites for hydroxylation is 1. The molecular formula is C21H26N2O7S. The number of anilines is 2. The normalized spacial score (nSPS) is 10.9. The molecule has 9 nitrogen and oxygen atoms in total. The lowest BCUT2D eigenvalue weighted by Crippen LogP contribution is -2.37. The van der Waals surface area contributed by atoms with Crippen molar-refractivity contribution in [2.75, 3.05) is 43.2 Å². The van der Waals surface area contributed by atoms with Crippen LogP contribution >= 0.6 is 0 Å². The maximum absolute atomic E-state index is 12.7. The third-order valence-electron chi connectivity index (χ3n) is 4.37. The van der Waals surface area contributed by atoms with Gasteiger partial charge in [-0.3, -0.25) is 9.10 Å². The summed E-state index contributed by atoms with van der Waals surface area (Å²) in [5.41, 5.74) is 1.55. The first-order valence-corrected chi connectivity index (χ1v) is 11.2. The molecule has 1 amide bonds. The topological polar surface area (TPSA) is 111 Å². The molecule has 0 aromatic heterocycles. The number of sulfonamides is 1. The summed E-state index contributed by atoms with van der Waals surface area (Å²) in [6.45, 7) is 3.18. The van der Waals surface area contributed by atoms with Crippen molar-refractivity contribution in [3.63, 3.8) is 0 Å². The van der Waals surface area contributed by atoms with Crippen molar-refractivity contribution in [2.24, 2.45) is 0 Å². The van der Waals surface area contributed by atoms with Crippen LogP contribution < -0.4 is 19.1 Å². The molecular weight excluding hydrogens is 424 g/mol. The largest absolute Gasteiger partial charge is 0.497 e. The molecule has 0 aliphatic heterocycles. The average molecular weight is 451 g/mol. The van der Waals surface area contributed by atoms with Gasteiger partial charge in [0.2, 0.25) is 15.9 Å². The van der Waals surface area contributed by atoms with Gasteiger partial charge in [-0.2, -0.15) is 0 Å². The highest BCUT2D eigenvalue weighted by Crippen LogP contribution is 2.33. The van der Waals surface area contributed by atoms with E-state index in [9.17, 15) is 18.0 Å². The average Bonchev–Trinajstić information content (AvgIpc) is 2.72. The molecule has 0 bridgehead atoms.